The number of aromatic amines is 2. The quantitative estimate of drug-likeness (QED) is 0.887. The summed E-state index contributed by atoms with van der Waals surface area (Å²) in [7, 11) is 0. The molecule has 0 radical (unpaired) electrons. The predicted octanol–water partition coefficient (Wildman–Crippen LogP) is 2.03. The van der Waals surface area contributed by atoms with Crippen molar-refractivity contribution in [3.05, 3.63) is 50.4 Å². The molecule has 1 aliphatic carbocycles. The number of allylic oxidation sites excluding steroid dienone is 2. The smallest absolute Gasteiger partial charge is 0.313 e. The van der Waals surface area contributed by atoms with Crippen LogP contribution >= 0.6 is 0 Å². The Kier molecular flexibility index (Phi) is 3.31. The van der Waals surface area contributed by atoms with E-state index in [2.05, 4.69) is 40.1 Å². The lowest BCUT2D eigenvalue weighted by atomic mass is 9.94. The molecule has 0 unspecified atom stereocenters. The van der Waals surface area contributed by atoms with Crippen LogP contribution in [0.4, 0.5) is 0 Å². The first-order chi connectivity index (χ1) is 10.4. The highest BCUT2D eigenvalue weighted by molar-refractivity contribution is 5.73. The van der Waals surface area contributed by atoms with Gasteiger partial charge in [0, 0.05) is 11.8 Å². The summed E-state index contributed by atoms with van der Waals surface area (Å²) in [5.41, 5.74) is 3.05. The summed E-state index contributed by atoms with van der Waals surface area (Å²) in [5.74, 6) is 0. The zero-order valence-corrected chi connectivity index (χ0v) is 12.9. The maximum absolute atomic E-state index is 11.9. The molecule has 2 aromatic heterocycles. The van der Waals surface area contributed by atoms with Crippen molar-refractivity contribution in [3.63, 3.8) is 0 Å². The maximum Gasteiger partial charge on any atom is 0.325 e. The minimum absolute atomic E-state index is 0.181. The molecule has 1 aliphatic rings. The van der Waals surface area contributed by atoms with Gasteiger partial charge in [-0.3, -0.25) is 9.78 Å². The molecule has 3 rings (SSSR count). The summed E-state index contributed by atoms with van der Waals surface area (Å²) in [5, 5.41) is 8.26. The number of nitrogens with zero attached hydrogens (tertiary/aromatic N) is 2. The molecule has 0 saturated carbocycles. The van der Waals surface area contributed by atoms with Crippen LogP contribution in [0.3, 0.4) is 0 Å². The average molecular weight is 298 g/mol. The number of nitrogens with one attached hydrogen (secondary N) is 2. The van der Waals surface area contributed by atoms with Crippen molar-refractivity contribution in [2.24, 2.45) is 5.41 Å². The monoisotopic (exact) mass is 298 g/mol. The first-order valence-electron chi connectivity index (χ1n) is 7.24. The van der Waals surface area contributed by atoms with Gasteiger partial charge in [-0.05, 0) is 36.8 Å². The van der Waals surface area contributed by atoms with Crippen LogP contribution in [0, 0.1) is 12.3 Å². The van der Waals surface area contributed by atoms with Crippen molar-refractivity contribution < 1.29 is 0 Å². The Morgan fingerprint density at radius 3 is 2.59 bits per heavy atom. The third-order valence-electron chi connectivity index (χ3n) is 4.02. The SMILES string of the molecule is Cc1nnc(-c2c[nH]c(=O)[nH]c2=O)cc1C1=CC(C)(C)CC1. The van der Waals surface area contributed by atoms with E-state index in [0.29, 0.717) is 11.3 Å². The van der Waals surface area contributed by atoms with Crippen LogP contribution in [-0.2, 0) is 0 Å². The topological polar surface area (TPSA) is 91.5 Å². The van der Waals surface area contributed by atoms with E-state index in [9.17, 15) is 9.59 Å². The van der Waals surface area contributed by atoms with Crippen molar-refractivity contribution in [2.75, 3.05) is 0 Å². The third-order valence-corrected chi connectivity index (χ3v) is 4.02. The highest BCUT2D eigenvalue weighted by Gasteiger charge is 2.25. The van der Waals surface area contributed by atoms with Gasteiger partial charge in [0.1, 0.15) is 5.69 Å². The molecule has 2 heterocycles. The minimum atomic E-state index is -0.533. The van der Waals surface area contributed by atoms with Crippen molar-refractivity contribution in [1.82, 2.24) is 20.2 Å². The molecule has 0 aromatic carbocycles. The fraction of sp³-hybridized carbons (Fsp3) is 0.375. The van der Waals surface area contributed by atoms with Gasteiger partial charge in [-0.1, -0.05) is 19.9 Å². The molecule has 0 saturated heterocycles. The molecule has 2 aromatic rings. The van der Waals surface area contributed by atoms with Crippen molar-refractivity contribution in [3.8, 4) is 11.3 Å². The summed E-state index contributed by atoms with van der Waals surface area (Å²) < 4.78 is 0. The van der Waals surface area contributed by atoms with Crippen molar-refractivity contribution in [1.29, 1.82) is 0 Å². The molecular formula is C16H18N4O2. The lowest BCUT2D eigenvalue weighted by molar-refractivity contribution is 0.471. The molecule has 0 amide bonds. The summed E-state index contributed by atoms with van der Waals surface area (Å²) in [6.07, 6.45) is 5.72. The van der Waals surface area contributed by atoms with Gasteiger partial charge in [0.2, 0.25) is 0 Å². The van der Waals surface area contributed by atoms with Gasteiger partial charge in [-0.2, -0.15) is 5.10 Å². The largest absolute Gasteiger partial charge is 0.325 e. The van der Waals surface area contributed by atoms with Crippen LogP contribution in [0.1, 0.15) is 37.9 Å². The van der Waals surface area contributed by atoms with Crippen LogP contribution in [-0.4, -0.2) is 20.2 Å². The maximum atomic E-state index is 11.9. The molecular weight excluding hydrogens is 280 g/mol. The number of hydrogen-bond acceptors (Lipinski definition) is 4. The van der Waals surface area contributed by atoms with E-state index >= 15 is 0 Å². The second-order valence-corrected chi connectivity index (χ2v) is 6.37. The van der Waals surface area contributed by atoms with Gasteiger partial charge in [0.15, 0.2) is 0 Å². The van der Waals surface area contributed by atoms with E-state index < -0.39 is 11.2 Å². The van der Waals surface area contributed by atoms with Gasteiger partial charge >= 0.3 is 5.69 Å². The van der Waals surface area contributed by atoms with Gasteiger partial charge in [0.25, 0.3) is 5.56 Å². The van der Waals surface area contributed by atoms with Crippen LogP contribution in [0.5, 0.6) is 0 Å². The standard InChI is InChI=1S/C16H18N4O2/c1-9-11(10-4-5-16(2,3)7-10)6-13(20-19-9)12-8-17-15(22)18-14(12)21/h6-8H,4-5H2,1-3H3,(H2,17,18,21,22). The average Bonchev–Trinajstić information content (AvgIpc) is 2.80. The molecule has 2 N–H and O–H groups in total. The molecule has 0 fully saturated rings. The second kappa shape index (κ2) is 5.05. The summed E-state index contributed by atoms with van der Waals surface area (Å²) in [6, 6.07) is 1.87. The molecule has 0 spiro atoms. The van der Waals surface area contributed by atoms with Gasteiger partial charge in [-0.25, -0.2) is 4.79 Å². The first-order valence-corrected chi connectivity index (χ1v) is 7.24. The zero-order chi connectivity index (χ0) is 15.9. The van der Waals surface area contributed by atoms with Gasteiger partial charge < -0.3 is 4.98 Å². The summed E-state index contributed by atoms with van der Waals surface area (Å²) >= 11 is 0. The van der Waals surface area contributed by atoms with E-state index in [1.165, 1.54) is 11.8 Å². The lowest BCUT2D eigenvalue weighted by Crippen LogP contribution is -2.23. The number of hydrogen-bond donors (Lipinski definition) is 2. The number of aromatic nitrogens is 4. The molecule has 114 valence electrons. The number of H-pyrrole nitrogens is 2. The fourth-order valence-corrected chi connectivity index (χ4v) is 2.79. The Balaban J connectivity index is 2.11. The summed E-state index contributed by atoms with van der Waals surface area (Å²) in [4.78, 5) is 27.7. The first kappa shape index (κ1) is 14.4. The zero-order valence-electron chi connectivity index (χ0n) is 12.9. The van der Waals surface area contributed by atoms with E-state index in [-0.39, 0.29) is 5.41 Å². The minimum Gasteiger partial charge on any atom is -0.313 e. The Bertz CT molecular complexity index is 874. The fourth-order valence-electron chi connectivity index (χ4n) is 2.79. The highest BCUT2D eigenvalue weighted by atomic mass is 16.2. The number of rotatable bonds is 2. The van der Waals surface area contributed by atoms with Crippen LogP contribution < -0.4 is 11.2 Å². The Hall–Kier alpha value is -2.50. The summed E-state index contributed by atoms with van der Waals surface area (Å²) in [6.45, 7) is 6.32. The second-order valence-electron chi connectivity index (χ2n) is 6.37. The third kappa shape index (κ3) is 2.64. The van der Waals surface area contributed by atoms with Crippen molar-refractivity contribution >= 4 is 5.57 Å². The molecule has 22 heavy (non-hydrogen) atoms. The van der Waals surface area contributed by atoms with E-state index in [0.717, 1.165) is 24.1 Å². The van der Waals surface area contributed by atoms with E-state index in [1.807, 2.05) is 13.0 Å². The Morgan fingerprint density at radius 1 is 1.18 bits per heavy atom. The van der Waals surface area contributed by atoms with Crippen LogP contribution in [0.15, 0.2) is 27.9 Å². The number of aryl methyl sites for hydroxylation is 1. The van der Waals surface area contributed by atoms with E-state index in [4.69, 9.17) is 0 Å². The molecule has 6 nitrogen and oxygen atoms in total. The Morgan fingerprint density at radius 2 is 1.95 bits per heavy atom. The highest BCUT2D eigenvalue weighted by Crippen LogP contribution is 2.40. The van der Waals surface area contributed by atoms with Crippen LogP contribution in [0.2, 0.25) is 0 Å². The van der Waals surface area contributed by atoms with Crippen molar-refractivity contribution in [2.45, 2.75) is 33.6 Å². The predicted molar refractivity (Wildman–Crippen MR) is 84.4 cm³/mol. The lowest BCUT2D eigenvalue weighted by Gasteiger charge is -2.11. The van der Waals surface area contributed by atoms with E-state index in [1.54, 1.807) is 0 Å². The molecule has 6 heteroatoms. The van der Waals surface area contributed by atoms with Gasteiger partial charge in [-0.15, -0.1) is 5.10 Å². The molecule has 0 atom stereocenters. The van der Waals surface area contributed by atoms with Gasteiger partial charge in [0.05, 0.1) is 11.3 Å². The van der Waals surface area contributed by atoms with Crippen LogP contribution in [0.25, 0.3) is 16.8 Å². The Labute approximate surface area is 127 Å². The normalized spacial score (nSPS) is 16.6. The molecule has 0 bridgehead atoms. The molecule has 0 aliphatic heterocycles.